The Hall–Kier alpha value is -0.910. The Balaban J connectivity index is 2.30. The van der Waals surface area contributed by atoms with Gasteiger partial charge >= 0.3 is 0 Å². The number of halogens is 2. The van der Waals surface area contributed by atoms with Crippen LogP contribution in [0.3, 0.4) is 0 Å². The molecule has 2 aromatic rings. The van der Waals surface area contributed by atoms with Gasteiger partial charge in [-0.05, 0) is 51.8 Å². The van der Waals surface area contributed by atoms with E-state index < -0.39 is 0 Å². The summed E-state index contributed by atoms with van der Waals surface area (Å²) in [5.74, 6) is -0.275. The number of hydrogen-bond acceptors (Lipinski definition) is 3. The Labute approximate surface area is 112 Å². The van der Waals surface area contributed by atoms with E-state index in [1.165, 1.54) is 23.9 Å². The van der Waals surface area contributed by atoms with Gasteiger partial charge in [0.15, 0.2) is 0 Å². The van der Waals surface area contributed by atoms with Crippen LogP contribution in [0.15, 0.2) is 50.9 Å². The van der Waals surface area contributed by atoms with Gasteiger partial charge in [0.05, 0.1) is 4.47 Å². The highest BCUT2D eigenvalue weighted by molar-refractivity contribution is 9.10. The van der Waals surface area contributed by atoms with Crippen LogP contribution < -0.4 is 5.73 Å². The molecular weight excluding hydrogens is 303 g/mol. The molecular formula is C12H10BrFN2S. The third-order valence-corrected chi connectivity index (χ3v) is 4.00. The molecule has 0 atom stereocenters. The van der Waals surface area contributed by atoms with E-state index in [2.05, 4.69) is 20.9 Å². The average molecular weight is 313 g/mol. The second-order valence-corrected chi connectivity index (χ2v) is 5.31. The summed E-state index contributed by atoms with van der Waals surface area (Å²) in [4.78, 5) is 5.02. The van der Waals surface area contributed by atoms with Gasteiger partial charge in [-0.15, -0.1) is 0 Å². The first kappa shape index (κ1) is 12.5. The summed E-state index contributed by atoms with van der Waals surface area (Å²) in [6.45, 7) is 0.328. The predicted octanol–water partition coefficient (Wildman–Crippen LogP) is 3.59. The molecule has 0 fully saturated rings. The van der Waals surface area contributed by atoms with Crippen molar-refractivity contribution in [1.82, 2.24) is 4.98 Å². The highest BCUT2D eigenvalue weighted by atomic mass is 79.9. The number of aromatic nitrogens is 1. The SMILES string of the molecule is NCc1cc(F)cc(Sc2ncccc2Br)c1. The number of nitrogens with two attached hydrogens (primary N) is 1. The molecule has 1 heterocycles. The van der Waals surface area contributed by atoms with Crippen molar-refractivity contribution in [3.8, 4) is 0 Å². The van der Waals surface area contributed by atoms with Crippen LogP contribution in [-0.2, 0) is 6.54 Å². The van der Waals surface area contributed by atoms with E-state index in [-0.39, 0.29) is 5.82 Å². The van der Waals surface area contributed by atoms with Crippen LogP contribution in [0, 0.1) is 5.82 Å². The third-order valence-electron chi connectivity index (χ3n) is 2.11. The summed E-state index contributed by atoms with van der Waals surface area (Å²) in [6, 6.07) is 8.53. The summed E-state index contributed by atoms with van der Waals surface area (Å²) in [5, 5.41) is 0.807. The topological polar surface area (TPSA) is 38.9 Å². The van der Waals surface area contributed by atoms with Gasteiger partial charge in [0.2, 0.25) is 0 Å². The Morgan fingerprint density at radius 3 is 2.88 bits per heavy atom. The van der Waals surface area contributed by atoms with E-state index in [1.54, 1.807) is 6.20 Å². The quantitative estimate of drug-likeness (QED) is 0.941. The molecule has 0 unspecified atom stereocenters. The minimum absolute atomic E-state index is 0.275. The zero-order valence-electron chi connectivity index (χ0n) is 8.86. The first-order chi connectivity index (χ1) is 8.19. The monoisotopic (exact) mass is 312 g/mol. The second-order valence-electron chi connectivity index (χ2n) is 3.39. The zero-order valence-corrected chi connectivity index (χ0v) is 11.3. The molecule has 0 amide bonds. The van der Waals surface area contributed by atoms with Crippen molar-refractivity contribution in [2.75, 3.05) is 0 Å². The predicted molar refractivity (Wildman–Crippen MR) is 70.4 cm³/mol. The number of rotatable bonds is 3. The number of nitrogens with zero attached hydrogens (tertiary/aromatic N) is 1. The third kappa shape index (κ3) is 3.28. The summed E-state index contributed by atoms with van der Waals surface area (Å²) >= 11 is 4.81. The molecule has 17 heavy (non-hydrogen) atoms. The molecule has 1 aromatic carbocycles. The largest absolute Gasteiger partial charge is 0.326 e. The van der Waals surface area contributed by atoms with Gasteiger partial charge < -0.3 is 5.73 Å². The average Bonchev–Trinajstić information content (AvgIpc) is 2.31. The highest BCUT2D eigenvalue weighted by Crippen LogP contribution is 2.32. The molecule has 0 saturated heterocycles. The summed E-state index contributed by atoms with van der Waals surface area (Å²) in [5.41, 5.74) is 6.29. The standard InChI is InChI=1S/C12H10BrFN2S/c13-11-2-1-3-16-12(11)17-10-5-8(7-15)4-9(14)6-10/h1-6H,7,15H2. The van der Waals surface area contributed by atoms with Gasteiger partial charge in [-0.25, -0.2) is 9.37 Å². The fourth-order valence-corrected chi connectivity index (χ4v) is 2.74. The van der Waals surface area contributed by atoms with Crippen molar-refractivity contribution >= 4 is 27.7 Å². The Kier molecular flexibility index (Phi) is 4.15. The molecule has 0 radical (unpaired) electrons. The van der Waals surface area contributed by atoms with Crippen molar-refractivity contribution in [3.63, 3.8) is 0 Å². The second kappa shape index (κ2) is 5.62. The molecule has 5 heteroatoms. The number of hydrogen-bond donors (Lipinski definition) is 1. The molecule has 0 spiro atoms. The maximum Gasteiger partial charge on any atom is 0.124 e. The maximum absolute atomic E-state index is 13.3. The molecule has 1 aromatic heterocycles. The maximum atomic E-state index is 13.3. The van der Waals surface area contributed by atoms with E-state index in [0.717, 1.165) is 20.0 Å². The van der Waals surface area contributed by atoms with Crippen LogP contribution in [-0.4, -0.2) is 4.98 Å². The van der Waals surface area contributed by atoms with Gasteiger partial charge in [-0.2, -0.15) is 0 Å². The molecule has 88 valence electrons. The van der Waals surface area contributed by atoms with Crippen LogP contribution in [0.25, 0.3) is 0 Å². The lowest BCUT2D eigenvalue weighted by atomic mass is 10.2. The fraction of sp³-hybridized carbons (Fsp3) is 0.0833. The lowest BCUT2D eigenvalue weighted by Crippen LogP contribution is -1.97. The minimum atomic E-state index is -0.275. The minimum Gasteiger partial charge on any atom is -0.326 e. The number of pyridine rings is 1. The van der Waals surface area contributed by atoms with Crippen LogP contribution in [0.1, 0.15) is 5.56 Å². The molecule has 2 N–H and O–H groups in total. The lowest BCUT2D eigenvalue weighted by Gasteiger charge is -2.05. The van der Waals surface area contributed by atoms with E-state index in [4.69, 9.17) is 5.73 Å². The summed E-state index contributed by atoms with van der Waals surface area (Å²) in [6.07, 6.45) is 1.70. The Morgan fingerprint density at radius 1 is 1.35 bits per heavy atom. The summed E-state index contributed by atoms with van der Waals surface area (Å²) in [7, 11) is 0. The van der Waals surface area contributed by atoms with Crippen molar-refractivity contribution in [2.24, 2.45) is 5.73 Å². The molecule has 0 aliphatic carbocycles. The Morgan fingerprint density at radius 2 is 2.18 bits per heavy atom. The van der Waals surface area contributed by atoms with E-state index in [9.17, 15) is 4.39 Å². The van der Waals surface area contributed by atoms with E-state index in [0.29, 0.717) is 6.54 Å². The van der Waals surface area contributed by atoms with Gasteiger partial charge in [0, 0.05) is 17.6 Å². The van der Waals surface area contributed by atoms with Crippen molar-refractivity contribution < 1.29 is 4.39 Å². The van der Waals surface area contributed by atoms with Crippen LogP contribution in [0.4, 0.5) is 4.39 Å². The molecule has 0 aliphatic heterocycles. The molecule has 0 saturated carbocycles. The van der Waals surface area contributed by atoms with E-state index in [1.807, 2.05) is 18.2 Å². The van der Waals surface area contributed by atoms with E-state index >= 15 is 0 Å². The van der Waals surface area contributed by atoms with Crippen LogP contribution >= 0.6 is 27.7 Å². The highest BCUT2D eigenvalue weighted by Gasteiger charge is 2.05. The van der Waals surface area contributed by atoms with Crippen molar-refractivity contribution in [1.29, 1.82) is 0 Å². The molecule has 0 bridgehead atoms. The first-order valence-electron chi connectivity index (χ1n) is 4.97. The fourth-order valence-electron chi connectivity index (χ4n) is 1.36. The smallest absolute Gasteiger partial charge is 0.124 e. The lowest BCUT2D eigenvalue weighted by molar-refractivity contribution is 0.621. The first-order valence-corrected chi connectivity index (χ1v) is 6.58. The van der Waals surface area contributed by atoms with Crippen molar-refractivity contribution in [2.45, 2.75) is 16.5 Å². The van der Waals surface area contributed by atoms with Crippen LogP contribution in [0.2, 0.25) is 0 Å². The van der Waals surface area contributed by atoms with Gasteiger partial charge in [0.1, 0.15) is 10.8 Å². The Bertz CT molecular complexity index is 534. The molecule has 0 aliphatic rings. The zero-order chi connectivity index (χ0) is 12.3. The normalized spacial score (nSPS) is 10.5. The molecule has 2 rings (SSSR count). The number of benzene rings is 1. The van der Waals surface area contributed by atoms with Gasteiger partial charge in [-0.1, -0.05) is 11.8 Å². The summed E-state index contributed by atoms with van der Waals surface area (Å²) < 4.78 is 14.2. The van der Waals surface area contributed by atoms with Gasteiger partial charge in [-0.3, -0.25) is 0 Å². The van der Waals surface area contributed by atoms with Crippen LogP contribution in [0.5, 0.6) is 0 Å². The van der Waals surface area contributed by atoms with Gasteiger partial charge in [0.25, 0.3) is 0 Å². The molecule has 2 nitrogen and oxygen atoms in total. The van der Waals surface area contributed by atoms with Crippen molar-refractivity contribution in [3.05, 3.63) is 52.4 Å².